The van der Waals surface area contributed by atoms with Gasteiger partial charge in [-0.1, -0.05) is 0 Å². The third-order valence-electron chi connectivity index (χ3n) is 2.55. The van der Waals surface area contributed by atoms with Crippen LogP contribution in [-0.4, -0.2) is 11.3 Å². The molecule has 0 atom stereocenters. The van der Waals surface area contributed by atoms with Crippen LogP contribution < -0.4 is 11.2 Å². The summed E-state index contributed by atoms with van der Waals surface area (Å²) in [4.78, 5) is 0. The number of nitrogens with zero attached hydrogens (tertiary/aromatic N) is 1. The lowest BCUT2D eigenvalue weighted by Crippen LogP contribution is -2.23. The van der Waals surface area contributed by atoms with E-state index in [-0.39, 0.29) is 22.2 Å². The number of hydrogen-bond donors (Lipinski definition) is 2. The number of nitrogens with two attached hydrogens (primary N) is 1. The molecule has 1 aromatic heterocycles. The summed E-state index contributed by atoms with van der Waals surface area (Å²) >= 11 is 4.53. The highest BCUT2D eigenvalue weighted by Gasteiger charge is 2.34. The van der Waals surface area contributed by atoms with Crippen LogP contribution in [0.5, 0.6) is 0 Å². The lowest BCUT2D eigenvalue weighted by molar-refractivity contribution is -0.139. The van der Waals surface area contributed by atoms with Crippen LogP contribution in [0.2, 0.25) is 0 Å². The Bertz CT molecular complexity index is 724. The van der Waals surface area contributed by atoms with Gasteiger partial charge in [-0.15, -0.1) is 0 Å². The number of halogens is 4. The largest absolute Gasteiger partial charge is 0.455 e. The standard InChI is InChI=1S/C13H9F4N3OS/c14-10-3-1-7(5-9(10)13(15,16)17)11-4-2-8(21-11)6-19-20-12(18)22/h1-6H,(H3,18,20,22)/b19-6+. The second kappa shape index (κ2) is 6.14. The number of furan rings is 1. The molecular weight excluding hydrogens is 322 g/mol. The molecule has 0 bridgehead atoms. The molecule has 22 heavy (non-hydrogen) atoms. The molecule has 0 aliphatic rings. The predicted octanol–water partition coefficient (Wildman–Crippen LogP) is 3.27. The van der Waals surface area contributed by atoms with Crippen LogP contribution in [0, 0.1) is 5.82 Å². The van der Waals surface area contributed by atoms with E-state index in [2.05, 4.69) is 22.7 Å². The second-order valence-electron chi connectivity index (χ2n) is 4.13. The van der Waals surface area contributed by atoms with Crippen LogP contribution in [0.4, 0.5) is 17.6 Å². The van der Waals surface area contributed by atoms with E-state index in [0.717, 1.165) is 6.07 Å². The van der Waals surface area contributed by atoms with Crippen LogP contribution >= 0.6 is 12.2 Å². The first-order valence-corrected chi connectivity index (χ1v) is 6.23. The van der Waals surface area contributed by atoms with Crippen molar-refractivity contribution in [1.82, 2.24) is 5.43 Å². The zero-order valence-corrected chi connectivity index (χ0v) is 11.6. The van der Waals surface area contributed by atoms with Gasteiger partial charge in [0.15, 0.2) is 5.11 Å². The number of nitrogens with one attached hydrogen (secondary N) is 1. The molecule has 0 radical (unpaired) electrons. The van der Waals surface area contributed by atoms with Gasteiger partial charge in [0, 0.05) is 5.56 Å². The lowest BCUT2D eigenvalue weighted by atomic mass is 10.1. The highest BCUT2D eigenvalue weighted by atomic mass is 32.1. The SMILES string of the molecule is NC(=S)N/N=C/c1ccc(-c2ccc(F)c(C(F)(F)F)c2)o1. The minimum Gasteiger partial charge on any atom is -0.455 e. The van der Waals surface area contributed by atoms with Gasteiger partial charge in [0.2, 0.25) is 0 Å². The van der Waals surface area contributed by atoms with Gasteiger partial charge in [-0.2, -0.15) is 18.3 Å². The van der Waals surface area contributed by atoms with Crippen molar-refractivity contribution in [3.63, 3.8) is 0 Å². The van der Waals surface area contributed by atoms with Crippen molar-refractivity contribution >= 4 is 23.5 Å². The number of thiocarbonyl (C=S) groups is 1. The molecule has 0 unspecified atom stereocenters. The van der Waals surface area contributed by atoms with Crippen LogP contribution in [0.15, 0.2) is 39.9 Å². The highest BCUT2D eigenvalue weighted by molar-refractivity contribution is 7.80. The van der Waals surface area contributed by atoms with Crippen molar-refractivity contribution < 1.29 is 22.0 Å². The van der Waals surface area contributed by atoms with E-state index in [1.54, 1.807) is 0 Å². The van der Waals surface area contributed by atoms with Gasteiger partial charge in [-0.05, 0) is 42.5 Å². The molecule has 2 aromatic rings. The summed E-state index contributed by atoms with van der Waals surface area (Å²) in [6.45, 7) is 0. The quantitative estimate of drug-likeness (QED) is 0.392. The molecule has 0 saturated carbocycles. The topological polar surface area (TPSA) is 63.5 Å². The van der Waals surface area contributed by atoms with Crippen molar-refractivity contribution in [1.29, 1.82) is 0 Å². The summed E-state index contributed by atoms with van der Waals surface area (Å²) in [6, 6.07) is 5.54. The summed E-state index contributed by atoms with van der Waals surface area (Å²) in [6.07, 6.45) is -3.53. The van der Waals surface area contributed by atoms with Gasteiger partial charge in [0.25, 0.3) is 0 Å². The maximum atomic E-state index is 13.2. The minimum atomic E-state index is -4.78. The van der Waals surface area contributed by atoms with Gasteiger partial charge in [0.1, 0.15) is 17.3 Å². The first-order chi connectivity index (χ1) is 10.3. The molecule has 1 heterocycles. The van der Waals surface area contributed by atoms with E-state index < -0.39 is 17.6 Å². The van der Waals surface area contributed by atoms with Crippen molar-refractivity contribution in [2.45, 2.75) is 6.18 Å². The first kappa shape index (κ1) is 16.0. The summed E-state index contributed by atoms with van der Waals surface area (Å²) < 4.78 is 56.5. The average molecular weight is 331 g/mol. The van der Waals surface area contributed by atoms with Crippen LogP contribution in [0.3, 0.4) is 0 Å². The van der Waals surface area contributed by atoms with E-state index >= 15 is 0 Å². The van der Waals surface area contributed by atoms with Crippen LogP contribution in [0.1, 0.15) is 11.3 Å². The maximum absolute atomic E-state index is 13.2. The monoisotopic (exact) mass is 331 g/mol. The Kier molecular flexibility index (Phi) is 4.45. The maximum Gasteiger partial charge on any atom is 0.419 e. The molecule has 0 aliphatic heterocycles. The molecule has 0 amide bonds. The molecular formula is C13H9F4N3OS. The number of hydrogen-bond acceptors (Lipinski definition) is 3. The van der Waals surface area contributed by atoms with Crippen molar-refractivity contribution in [2.24, 2.45) is 10.8 Å². The Morgan fingerprint density at radius 1 is 1.27 bits per heavy atom. The van der Waals surface area contributed by atoms with Crippen molar-refractivity contribution in [2.75, 3.05) is 0 Å². The third-order valence-corrected chi connectivity index (χ3v) is 2.64. The molecule has 0 aliphatic carbocycles. The third kappa shape index (κ3) is 3.82. The molecule has 1 aromatic carbocycles. The Labute approximate surface area is 127 Å². The summed E-state index contributed by atoms with van der Waals surface area (Å²) in [7, 11) is 0. The molecule has 2 rings (SSSR count). The summed E-state index contributed by atoms with van der Waals surface area (Å²) in [5.74, 6) is -0.941. The molecule has 0 fully saturated rings. The summed E-state index contributed by atoms with van der Waals surface area (Å²) in [5.41, 5.74) is 6.20. The van der Waals surface area contributed by atoms with Gasteiger partial charge >= 0.3 is 6.18 Å². The predicted molar refractivity (Wildman–Crippen MR) is 76.6 cm³/mol. The fourth-order valence-corrected chi connectivity index (χ4v) is 1.69. The smallest absolute Gasteiger partial charge is 0.419 e. The molecule has 3 N–H and O–H groups in total. The fourth-order valence-electron chi connectivity index (χ4n) is 1.63. The number of rotatable bonds is 3. The second-order valence-corrected chi connectivity index (χ2v) is 4.57. The normalized spacial score (nSPS) is 11.8. The van der Waals surface area contributed by atoms with Gasteiger partial charge in [-0.3, -0.25) is 5.43 Å². The van der Waals surface area contributed by atoms with Crippen LogP contribution in [-0.2, 0) is 6.18 Å². The van der Waals surface area contributed by atoms with E-state index in [0.29, 0.717) is 6.07 Å². The van der Waals surface area contributed by atoms with Gasteiger partial charge in [-0.25, -0.2) is 4.39 Å². The van der Waals surface area contributed by atoms with E-state index in [4.69, 9.17) is 10.2 Å². The zero-order valence-electron chi connectivity index (χ0n) is 10.8. The number of alkyl halides is 3. The van der Waals surface area contributed by atoms with E-state index in [1.165, 1.54) is 24.4 Å². The average Bonchev–Trinajstić information content (AvgIpc) is 2.86. The summed E-state index contributed by atoms with van der Waals surface area (Å²) in [5, 5.41) is 3.60. The molecule has 116 valence electrons. The number of benzene rings is 1. The minimum absolute atomic E-state index is 0.0450. The van der Waals surface area contributed by atoms with Crippen molar-refractivity contribution in [3.8, 4) is 11.3 Å². The zero-order chi connectivity index (χ0) is 16.3. The Morgan fingerprint density at radius 3 is 2.64 bits per heavy atom. The van der Waals surface area contributed by atoms with E-state index in [1.807, 2.05) is 0 Å². The number of hydrazone groups is 1. The Balaban J connectivity index is 2.28. The van der Waals surface area contributed by atoms with Crippen LogP contribution in [0.25, 0.3) is 11.3 Å². The fraction of sp³-hybridized carbons (Fsp3) is 0.0769. The van der Waals surface area contributed by atoms with E-state index in [9.17, 15) is 17.6 Å². The first-order valence-electron chi connectivity index (χ1n) is 5.83. The molecule has 4 nitrogen and oxygen atoms in total. The Morgan fingerprint density at radius 2 is 2.00 bits per heavy atom. The lowest BCUT2D eigenvalue weighted by Gasteiger charge is -2.08. The van der Waals surface area contributed by atoms with Gasteiger partial charge < -0.3 is 10.2 Å². The molecule has 0 spiro atoms. The van der Waals surface area contributed by atoms with Crippen molar-refractivity contribution in [3.05, 3.63) is 47.5 Å². The van der Waals surface area contributed by atoms with Gasteiger partial charge in [0.05, 0.1) is 11.8 Å². The molecule has 0 saturated heterocycles. The molecule has 9 heteroatoms. The highest BCUT2D eigenvalue weighted by Crippen LogP contribution is 2.34. The Hall–Kier alpha value is -2.42.